The van der Waals surface area contributed by atoms with Gasteiger partial charge < -0.3 is 15.8 Å². The van der Waals surface area contributed by atoms with Crippen molar-refractivity contribution in [1.82, 2.24) is 10.3 Å². The third-order valence-electron chi connectivity index (χ3n) is 2.37. The highest BCUT2D eigenvalue weighted by atomic mass is 16.5. The third-order valence-corrected chi connectivity index (χ3v) is 2.37. The van der Waals surface area contributed by atoms with Gasteiger partial charge in [-0.3, -0.25) is 9.78 Å². The smallest absolute Gasteiger partial charge is 0.260 e. The van der Waals surface area contributed by atoms with Crippen LogP contribution in [-0.4, -0.2) is 30.6 Å². The fraction of sp³-hybridized carbons (Fsp3) is 0.500. The van der Waals surface area contributed by atoms with Gasteiger partial charge in [0.2, 0.25) is 0 Å². The number of carbonyl (C=O) groups excluding carboxylic acids is 1. The number of nitrogens with zero attached hydrogens (tertiary/aromatic N) is 1. The Bertz CT molecular complexity index is 393. The van der Waals surface area contributed by atoms with E-state index in [2.05, 4.69) is 10.3 Å². The van der Waals surface area contributed by atoms with Gasteiger partial charge in [-0.25, -0.2) is 0 Å². The molecule has 0 spiro atoms. The van der Waals surface area contributed by atoms with Crippen LogP contribution in [0, 0.1) is 6.92 Å². The molecule has 1 atom stereocenters. The van der Waals surface area contributed by atoms with Gasteiger partial charge in [-0.1, -0.05) is 0 Å². The van der Waals surface area contributed by atoms with Gasteiger partial charge in [0.15, 0.2) is 6.10 Å². The predicted octanol–water partition coefficient (Wildman–Crippen LogP) is 0.405. The summed E-state index contributed by atoms with van der Waals surface area (Å²) < 4.78 is 5.58. The minimum absolute atomic E-state index is 0.163. The number of amides is 1. The lowest BCUT2D eigenvalue weighted by molar-refractivity contribution is -0.126. The molecule has 17 heavy (non-hydrogen) atoms. The van der Waals surface area contributed by atoms with Crippen molar-refractivity contribution in [3.8, 4) is 5.75 Å². The molecule has 0 saturated carbocycles. The number of rotatable bonds is 5. The first-order valence-electron chi connectivity index (χ1n) is 5.63. The zero-order valence-corrected chi connectivity index (χ0v) is 10.5. The molecule has 3 N–H and O–H groups in total. The number of aryl methyl sites for hydroxylation is 1. The molecule has 5 heteroatoms. The number of hydrogen-bond donors (Lipinski definition) is 2. The molecule has 94 valence electrons. The Kier molecular flexibility index (Phi) is 4.90. The monoisotopic (exact) mass is 237 g/mol. The van der Waals surface area contributed by atoms with Crippen LogP contribution in [0.5, 0.6) is 5.75 Å². The Labute approximate surface area is 101 Å². The summed E-state index contributed by atoms with van der Waals surface area (Å²) in [7, 11) is 1.58. The Balaban J connectivity index is 2.85. The molecule has 0 saturated heterocycles. The van der Waals surface area contributed by atoms with Gasteiger partial charge in [0, 0.05) is 19.2 Å². The number of ether oxygens (including phenoxy) is 1. The highest BCUT2D eigenvalue weighted by molar-refractivity contribution is 5.80. The molecule has 0 aliphatic carbocycles. The van der Waals surface area contributed by atoms with Crippen LogP contribution >= 0.6 is 0 Å². The summed E-state index contributed by atoms with van der Waals surface area (Å²) in [6.07, 6.45) is 0.0957. The van der Waals surface area contributed by atoms with Crippen LogP contribution < -0.4 is 15.8 Å². The molecule has 0 aromatic carbocycles. The van der Waals surface area contributed by atoms with Crippen molar-refractivity contribution in [2.24, 2.45) is 5.73 Å². The Morgan fingerprint density at radius 2 is 2.29 bits per heavy atom. The molecule has 1 unspecified atom stereocenters. The van der Waals surface area contributed by atoms with Gasteiger partial charge in [0.05, 0.1) is 5.69 Å². The summed E-state index contributed by atoms with van der Waals surface area (Å²) in [6.45, 7) is 4.11. The summed E-state index contributed by atoms with van der Waals surface area (Å²) in [4.78, 5) is 15.7. The van der Waals surface area contributed by atoms with Gasteiger partial charge in [-0.05, 0) is 32.5 Å². The van der Waals surface area contributed by atoms with E-state index in [9.17, 15) is 4.79 Å². The first-order valence-corrected chi connectivity index (χ1v) is 5.63. The van der Waals surface area contributed by atoms with E-state index in [1.165, 1.54) is 0 Å². The molecule has 1 aromatic heterocycles. The van der Waals surface area contributed by atoms with Crippen LogP contribution in [0.4, 0.5) is 0 Å². The van der Waals surface area contributed by atoms with E-state index in [4.69, 9.17) is 10.5 Å². The van der Waals surface area contributed by atoms with Crippen LogP contribution in [0.25, 0.3) is 0 Å². The minimum Gasteiger partial charge on any atom is -0.479 e. The van der Waals surface area contributed by atoms with Crippen molar-refractivity contribution in [3.63, 3.8) is 0 Å². The first kappa shape index (κ1) is 13.4. The van der Waals surface area contributed by atoms with E-state index in [0.717, 1.165) is 11.4 Å². The Morgan fingerprint density at radius 3 is 2.88 bits per heavy atom. The summed E-state index contributed by atoms with van der Waals surface area (Å²) in [5.41, 5.74) is 7.23. The van der Waals surface area contributed by atoms with Crippen LogP contribution in [0.15, 0.2) is 12.1 Å². The number of nitrogens with one attached hydrogen (secondary N) is 1. The van der Waals surface area contributed by atoms with E-state index in [0.29, 0.717) is 18.7 Å². The maximum Gasteiger partial charge on any atom is 0.260 e. The first-order chi connectivity index (χ1) is 8.08. The quantitative estimate of drug-likeness (QED) is 0.777. The number of aromatic nitrogens is 1. The van der Waals surface area contributed by atoms with Crippen molar-refractivity contribution in [3.05, 3.63) is 23.5 Å². The maximum atomic E-state index is 11.4. The predicted molar refractivity (Wildman–Crippen MR) is 65.9 cm³/mol. The highest BCUT2D eigenvalue weighted by Crippen LogP contribution is 2.18. The number of likely N-dealkylation sites (N-methyl/N-ethyl adjacent to an activating group) is 1. The van der Waals surface area contributed by atoms with Gasteiger partial charge >= 0.3 is 0 Å². The highest BCUT2D eigenvalue weighted by Gasteiger charge is 2.15. The fourth-order valence-electron chi connectivity index (χ4n) is 1.47. The molecule has 0 radical (unpaired) electrons. The summed E-state index contributed by atoms with van der Waals surface area (Å²) in [6, 6.07) is 3.68. The van der Waals surface area contributed by atoms with Gasteiger partial charge in [0.1, 0.15) is 5.75 Å². The number of hydrogen-bond acceptors (Lipinski definition) is 4. The second-order valence-electron chi connectivity index (χ2n) is 3.81. The molecular weight excluding hydrogens is 218 g/mol. The lowest BCUT2D eigenvalue weighted by Gasteiger charge is -2.15. The van der Waals surface area contributed by atoms with Crippen molar-refractivity contribution >= 4 is 5.91 Å². The van der Waals surface area contributed by atoms with Crippen molar-refractivity contribution < 1.29 is 9.53 Å². The van der Waals surface area contributed by atoms with E-state index in [1.54, 1.807) is 14.0 Å². The third kappa shape index (κ3) is 3.71. The number of carbonyl (C=O) groups is 1. The van der Waals surface area contributed by atoms with Crippen LogP contribution in [0.1, 0.15) is 18.3 Å². The number of nitrogens with two attached hydrogens (primary N) is 1. The molecule has 0 aliphatic heterocycles. The topological polar surface area (TPSA) is 77.2 Å². The van der Waals surface area contributed by atoms with Gasteiger partial charge in [0.25, 0.3) is 5.91 Å². The van der Waals surface area contributed by atoms with Gasteiger partial charge in [-0.2, -0.15) is 0 Å². The van der Waals surface area contributed by atoms with Crippen LogP contribution in [-0.2, 0) is 11.2 Å². The second-order valence-corrected chi connectivity index (χ2v) is 3.81. The average Bonchev–Trinajstić information content (AvgIpc) is 2.31. The van der Waals surface area contributed by atoms with Crippen molar-refractivity contribution in [1.29, 1.82) is 0 Å². The molecule has 1 heterocycles. The van der Waals surface area contributed by atoms with Crippen molar-refractivity contribution in [2.75, 3.05) is 13.6 Å². The fourth-order valence-corrected chi connectivity index (χ4v) is 1.47. The summed E-state index contributed by atoms with van der Waals surface area (Å²) >= 11 is 0. The van der Waals surface area contributed by atoms with Crippen LogP contribution in [0.2, 0.25) is 0 Å². The average molecular weight is 237 g/mol. The minimum atomic E-state index is -0.541. The summed E-state index contributed by atoms with van der Waals surface area (Å²) in [5.74, 6) is 0.460. The van der Waals surface area contributed by atoms with Gasteiger partial charge in [-0.15, -0.1) is 0 Å². The largest absolute Gasteiger partial charge is 0.479 e. The molecule has 1 amide bonds. The zero-order valence-electron chi connectivity index (χ0n) is 10.5. The lowest BCUT2D eigenvalue weighted by atomic mass is 10.2. The van der Waals surface area contributed by atoms with E-state index in [-0.39, 0.29) is 5.91 Å². The van der Waals surface area contributed by atoms with E-state index >= 15 is 0 Å². The molecule has 0 bridgehead atoms. The molecule has 0 fully saturated rings. The SMILES string of the molecule is CNC(=O)C(C)Oc1ccc(C)nc1CCN. The molecule has 1 rings (SSSR count). The van der Waals surface area contributed by atoms with E-state index in [1.807, 2.05) is 19.1 Å². The maximum absolute atomic E-state index is 11.4. The Morgan fingerprint density at radius 1 is 1.59 bits per heavy atom. The summed E-state index contributed by atoms with van der Waals surface area (Å²) in [5, 5.41) is 2.54. The molecule has 5 nitrogen and oxygen atoms in total. The van der Waals surface area contributed by atoms with E-state index < -0.39 is 6.10 Å². The molecule has 0 aliphatic rings. The zero-order chi connectivity index (χ0) is 12.8. The lowest BCUT2D eigenvalue weighted by Crippen LogP contribution is -2.34. The Hall–Kier alpha value is -1.62. The number of pyridine rings is 1. The standard InChI is InChI=1S/C12H19N3O2/c1-8-4-5-11(10(15-8)6-7-13)17-9(2)12(16)14-3/h4-5,9H,6-7,13H2,1-3H3,(H,14,16). The molecule has 1 aromatic rings. The molecular formula is C12H19N3O2. The second kappa shape index (κ2) is 6.20. The normalized spacial score (nSPS) is 12.0. The van der Waals surface area contributed by atoms with Crippen LogP contribution in [0.3, 0.4) is 0 Å². The van der Waals surface area contributed by atoms with Crippen molar-refractivity contribution in [2.45, 2.75) is 26.4 Å².